The molecule has 2 rings (SSSR count). The number of carbonyl (C=O) groups is 1. The van der Waals surface area contributed by atoms with Crippen LogP contribution >= 0.6 is 0 Å². The Labute approximate surface area is 129 Å². The molecule has 0 saturated heterocycles. The van der Waals surface area contributed by atoms with Crippen LogP contribution < -0.4 is 15.5 Å². The largest absolute Gasteiger partial charge is 0.423 e. The van der Waals surface area contributed by atoms with Gasteiger partial charge in [-0.2, -0.15) is 4.98 Å². The van der Waals surface area contributed by atoms with Gasteiger partial charge < -0.3 is 25.1 Å². The quantitative estimate of drug-likeness (QED) is 0.761. The van der Waals surface area contributed by atoms with Crippen molar-refractivity contribution in [2.75, 3.05) is 30.9 Å². The highest BCUT2D eigenvalue weighted by Gasteiger charge is 2.10. The van der Waals surface area contributed by atoms with Crippen LogP contribution in [0.1, 0.15) is 19.8 Å². The number of aliphatic hydroxyl groups excluding tert-OH is 1. The van der Waals surface area contributed by atoms with Gasteiger partial charge in [0, 0.05) is 26.3 Å². The number of carbonyl (C=O) groups excluding carboxylic acids is 1. The zero-order chi connectivity index (χ0) is 16.1. The van der Waals surface area contributed by atoms with Crippen molar-refractivity contribution < 1.29 is 14.3 Å². The first-order valence-electron chi connectivity index (χ1n) is 7.30. The van der Waals surface area contributed by atoms with Crippen molar-refractivity contribution in [1.82, 2.24) is 10.3 Å². The van der Waals surface area contributed by atoms with Crippen molar-refractivity contribution in [2.45, 2.75) is 25.9 Å². The predicted molar refractivity (Wildman–Crippen MR) is 86.3 cm³/mol. The molecule has 1 aromatic carbocycles. The van der Waals surface area contributed by atoms with E-state index < -0.39 is 6.10 Å². The highest BCUT2D eigenvalue weighted by atomic mass is 16.4. The Kier molecular flexibility index (Phi) is 5.21. The van der Waals surface area contributed by atoms with E-state index in [1.54, 1.807) is 23.1 Å². The second-order valence-electron chi connectivity index (χ2n) is 5.35. The van der Waals surface area contributed by atoms with Crippen LogP contribution in [0.2, 0.25) is 0 Å². The molecule has 3 N–H and O–H groups in total. The third-order valence-electron chi connectivity index (χ3n) is 3.14. The van der Waals surface area contributed by atoms with Crippen LogP contribution in [0, 0.1) is 0 Å². The molecular formula is C15H22N4O3. The van der Waals surface area contributed by atoms with E-state index in [1.807, 2.05) is 21.0 Å². The van der Waals surface area contributed by atoms with Crippen molar-refractivity contribution in [3.8, 4) is 0 Å². The summed E-state index contributed by atoms with van der Waals surface area (Å²) < 4.78 is 5.55. The molecular weight excluding hydrogens is 284 g/mol. The summed E-state index contributed by atoms with van der Waals surface area (Å²) in [4.78, 5) is 17.9. The number of nitrogens with zero attached hydrogens (tertiary/aromatic N) is 2. The minimum atomic E-state index is -0.517. The maximum Gasteiger partial charge on any atom is 0.319 e. The summed E-state index contributed by atoms with van der Waals surface area (Å²) in [6, 6.07) is 5.41. The van der Waals surface area contributed by atoms with Gasteiger partial charge in [0.1, 0.15) is 5.52 Å². The second kappa shape index (κ2) is 7.13. The number of oxazole rings is 1. The van der Waals surface area contributed by atoms with Crippen LogP contribution in [0.3, 0.4) is 0 Å². The van der Waals surface area contributed by atoms with Gasteiger partial charge in [0.25, 0.3) is 6.01 Å². The van der Waals surface area contributed by atoms with Crippen LogP contribution in [0.4, 0.5) is 16.5 Å². The Hall–Kier alpha value is -2.28. The van der Waals surface area contributed by atoms with E-state index >= 15 is 0 Å². The molecule has 7 nitrogen and oxygen atoms in total. The number of aromatic nitrogens is 1. The number of rotatable bonds is 6. The lowest BCUT2D eigenvalue weighted by Gasteiger charge is -2.11. The molecule has 0 bridgehead atoms. The molecule has 0 aliphatic rings. The molecule has 1 aromatic heterocycles. The Morgan fingerprint density at radius 1 is 1.45 bits per heavy atom. The van der Waals surface area contributed by atoms with Crippen molar-refractivity contribution in [3.63, 3.8) is 0 Å². The average Bonchev–Trinajstić information content (AvgIpc) is 2.89. The van der Waals surface area contributed by atoms with Crippen molar-refractivity contribution in [3.05, 3.63) is 18.2 Å². The van der Waals surface area contributed by atoms with Crippen LogP contribution in [-0.2, 0) is 0 Å². The molecule has 22 heavy (non-hydrogen) atoms. The minimum Gasteiger partial charge on any atom is -0.423 e. The van der Waals surface area contributed by atoms with Crippen molar-refractivity contribution in [2.24, 2.45) is 0 Å². The zero-order valence-electron chi connectivity index (χ0n) is 13.1. The molecule has 0 saturated carbocycles. The molecule has 0 aliphatic heterocycles. The maximum absolute atomic E-state index is 11.8. The van der Waals surface area contributed by atoms with Gasteiger partial charge in [-0.25, -0.2) is 4.79 Å². The Balaban J connectivity index is 1.97. The molecule has 2 aromatic rings. The number of fused-ring (bicyclic) bond motifs is 1. The van der Waals surface area contributed by atoms with Gasteiger partial charge in [0.15, 0.2) is 5.58 Å². The lowest BCUT2D eigenvalue weighted by Crippen LogP contribution is -2.35. The summed E-state index contributed by atoms with van der Waals surface area (Å²) in [5.41, 5.74) is 1.95. The third kappa shape index (κ3) is 4.11. The molecule has 0 spiro atoms. The van der Waals surface area contributed by atoms with Gasteiger partial charge in [0.05, 0.1) is 6.10 Å². The zero-order valence-corrected chi connectivity index (χ0v) is 13.1. The molecule has 0 radical (unpaired) electrons. The number of amides is 2. The summed E-state index contributed by atoms with van der Waals surface area (Å²) >= 11 is 0. The van der Waals surface area contributed by atoms with Crippen LogP contribution in [-0.4, -0.2) is 42.9 Å². The molecule has 0 aliphatic carbocycles. The number of hydrogen-bond acceptors (Lipinski definition) is 5. The van der Waals surface area contributed by atoms with Gasteiger partial charge in [-0.1, -0.05) is 13.3 Å². The Bertz CT molecular complexity index is 639. The van der Waals surface area contributed by atoms with Gasteiger partial charge in [-0.05, 0) is 24.6 Å². The van der Waals surface area contributed by atoms with E-state index in [-0.39, 0.29) is 12.6 Å². The normalized spacial score (nSPS) is 12.2. The molecule has 1 atom stereocenters. The SMILES string of the molecule is CCCC(O)CNC(=O)Nc1ccc2oc(N(C)C)nc2c1. The summed E-state index contributed by atoms with van der Waals surface area (Å²) in [5.74, 6) is 0. The van der Waals surface area contributed by atoms with Gasteiger partial charge in [0.2, 0.25) is 0 Å². The number of aliphatic hydroxyl groups is 1. The van der Waals surface area contributed by atoms with E-state index in [2.05, 4.69) is 15.6 Å². The molecule has 0 fully saturated rings. The van der Waals surface area contributed by atoms with Gasteiger partial charge in [-0.3, -0.25) is 0 Å². The number of nitrogens with one attached hydrogen (secondary N) is 2. The van der Waals surface area contributed by atoms with E-state index in [9.17, 15) is 9.90 Å². The predicted octanol–water partition coefficient (Wildman–Crippen LogP) is 2.18. The minimum absolute atomic E-state index is 0.233. The highest BCUT2D eigenvalue weighted by molar-refractivity contribution is 5.91. The summed E-state index contributed by atoms with van der Waals surface area (Å²) in [6.45, 7) is 2.22. The van der Waals surface area contributed by atoms with Crippen LogP contribution in [0.15, 0.2) is 22.6 Å². The van der Waals surface area contributed by atoms with Crippen LogP contribution in [0.5, 0.6) is 0 Å². The summed E-state index contributed by atoms with van der Waals surface area (Å²) in [7, 11) is 3.69. The molecule has 7 heteroatoms. The number of urea groups is 1. The summed E-state index contributed by atoms with van der Waals surface area (Å²) in [5, 5.41) is 14.9. The average molecular weight is 306 g/mol. The molecule has 1 unspecified atom stereocenters. The van der Waals surface area contributed by atoms with Crippen LogP contribution in [0.25, 0.3) is 11.1 Å². The fourth-order valence-electron chi connectivity index (χ4n) is 2.01. The summed E-state index contributed by atoms with van der Waals surface area (Å²) in [6.07, 6.45) is 1.02. The van der Waals surface area contributed by atoms with E-state index in [0.29, 0.717) is 29.2 Å². The number of anilines is 2. The van der Waals surface area contributed by atoms with E-state index in [4.69, 9.17) is 4.42 Å². The lowest BCUT2D eigenvalue weighted by molar-refractivity contribution is 0.162. The molecule has 120 valence electrons. The fourth-order valence-corrected chi connectivity index (χ4v) is 2.01. The third-order valence-corrected chi connectivity index (χ3v) is 3.14. The first-order valence-corrected chi connectivity index (χ1v) is 7.30. The molecule has 2 amide bonds. The van der Waals surface area contributed by atoms with Gasteiger partial charge >= 0.3 is 6.03 Å². The van der Waals surface area contributed by atoms with Crippen molar-refractivity contribution >= 4 is 28.8 Å². The van der Waals surface area contributed by atoms with E-state index in [0.717, 1.165) is 6.42 Å². The van der Waals surface area contributed by atoms with E-state index in [1.165, 1.54) is 0 Å². The highest BCUT2D eigenvalue weighted by Crippen LogP contribution is 2.23. The number of benzene rings is 1. The van der Waals surface area contributed by atoms with Crippen molar-refractivity contribution in [1.29, 1.82) is 0 Å². The maximum atomic E-state index is 11.8. The standard InChI is InChI=1S/C15H22N4O3/c1-4-5-11(20)9-16-14(21)17-10-6-7-13-12(8-10)18-15(22-13)19(2)3/h6-8,11,20H,4-5,9H2,1-3H3,(H2,16,17,21). The first-order chi connectivity index (χ1) is 10.5. The lowest BCUT2D eigenvalue weighted by atomic mass is 10.2. The Morgan fingerprint density at radius 2 is 2.23 bits per heavy atom. The Morgan fingerprint density at radius 3 is 2.91 bits per heavy atom. The second-order valence-corrected chi connectivity index (χ2v) is 5.35. The monoisotopic (exact) mass is 306 g/mol. The van der Waals surface area contributed by atoms with Gasteiger partial charge in [-0.15, -0.1) is 0 Å². The molecule has 1 heterocycles. The first kappa shape index (κ1) is 16.1. The number of hydrogen-bond donors (Lipinski definition) is 3. The topological polar surface area (TPSA) is 90.6 Å². The fraction of sp³-hybridized carbons (Fsp3) is 0.467. The smallest absolute Gasteiger partial charge is 0.319 e.